The number of amides is 1. The first kappa shape index (κ1) is 74.8. The fourth-order valence-electron chi connectivity index (χ4n) is 10.3. The molecule has 3 atom stereocenters. The van der Waals surface area contributed by atoms with Crippen molar-refractivity contribution in [1.29, 1.82) is 0 Å². The van der Waals surface area contributed by atoms with Crippen molar-refractivity contribution >= 4 is 19.7 Å². The summed E-state index contributed by atoms with van der Waals surface area (Å²) in [5.74, 6) is -0.480. The normalized spacial score (nSPS) is 13.6. The fraction of sp³-hybridized carbons (Fsp3) is 0.939. The summed E-state index contributed by atoms with van der Waals surface area (Å²) in [5.41, 5.74) is 0. The second kappa shape index (κ2) is 57.0. The van der Waals surface area contributed by atoms with Crippen LogP contribution in [0.3, 0.4) is 0 Å². The van der Waals surface area contributed by atoms with Gasteiger partial charge in [-0.3, -0.25) is 18.6 Å². The number of likely N-dealkylation sites (N-methyl/N-ethyl adjacent to an activating group) is 1. The van der Waals surface area contributed by atoms with E-state index >= 15 is 0 Å². The van der Waals surface area contributed by atoms with Crippen molar-refractivity contribution < 1.29 is 37.3 Å². The molecule has 0 aromatic heterocycles. The van der Waals surface area contributed by atoms with E-state index in [0.29, 0.717) is 23.9 Å². The number of phosphoric ester groups is 1. The third kappa shape index (κ3) is 57.4. The van der Waals surface area contributed by atoms with Crippen molar-refractivity contribution in [2.45, 2.75) is 360 Å². The summed E-state index contributed by atoms with van der Waals surface area (Å²) >= 11 is 0. The molecule has 0 bridgehead atoms. The molecule has 3 unspecified atom stereocenters. The first-order chi connectivity index (χ1) is 36.9. The highest BCUT2D eigenvalue weighted by Crippen LogP contribution is 2.43. The lowest BCUT2D eigenvalue weighted by atomic mass is 10.0. The minimum atomic E-state index is -4.44. The maximum Gasteiger partial charge on any atom is 0.472 e. The van der Waals surface area contributed by atoms with Crippen LogP contribution in [0.5, 0.6) is 0 Å². The second-order valence-corrected chi connectivity index (χ2v) is 25.8. The molecule has 0 fully saturated rings. The summed E-state index contributed by atoms with van der Waals surface area (Å²) in [7, 11) is 1.52. The van der Waals surface area contributed by atoms with Crippen molar-refractivity contribution in [2.24, 2.45) is 0 Å². The lowest BCUT2D eigenvalue weighted by molar-refractivity contribution is -0.870. The van der Waals surface area contributed by atoms with Gasteiger partial charge in [0.1, 0.15) is 19.3 Å². The Balaban J connectivity index is 5.09. The van der Waals surface area contributed by atoms with Gasteiger partial charge in [0.2, 0.25) is 5.91 Å². The van der Waals surface area contributed by atoms with Crippen LogP contribution in [0.2, 0.25) is 0 Å². The van der Waals surface area contributed by atoms with Gasteiger partial charge in [-0.25, -0.2) is 4.57 Å². The van der Waals surface area contributed by atoms with Gasteiger partial charge in [-0.1, -0.05) is 316 Å². The van der Waals surface area contributed by atoms with Crippen LogP contribution in [0, 0.1) is 0 Å². The molecule has 0 aromatic carbocycles. The van der Waals surface area contributed by atoms with Crippen LogP contribution in [0.1, 0.15) is 348 Å². The van der Waals surface area contributed by atoms with Crippen molar-refractivity contribution in [2.75, 3.05) is 40.9 Å². The van der Waals surface area contributed by atoms with Crippen molar-refractivity contribution in [1.82, 2.24) is 5.32 Å². The van der Waals surface area contributed by atoms with Crippen molar-refractivity contribution in [3.8, 4) is 0 Å². The number of nitrogens with one attached hydrogen (secondary N) is 1. The van der Waals surface area contributed by atoms with Gasteiger partial charge in [-0.15, -0.1) is 0 Å². The zero-order chi connectivity index (χ0) is 55.7. The number of hydrogen-bond acceptors (Lipinski definition) is 6. The van der Waals surface area contributed by atoms with Crippen molar-refractivity contribution in [3.63, 3.8) is 0 Å². The van der Waals surface area contributed by atoms with Gasteiger partial charge in [0, 0.05) is 12.8 Å². The number of phosphoric acid groups is 1. The number of carbonyl (C=O) groups excluding carboxylic acids is 2. The van der Waals surface area contributed by atoms with Gasteiger partial charge < -0.3 is 19.4 Å². The molecule has 2 N–H and O–H groups in total. The number of nitrogens with zero attached hydrogens (tertiary/aromatic N) is 1. The minimum absolute atomic E-state index is 0.0459. The Morgan fingerprint density at radius 1 is 0.447 bits per heavy atom. The predicted octanol–water partition coefficient (Wildman–Crippen LogP) is 20.7. The summed E-state index contributed by atoms with van der Waals surface area (Å²) < 4.78 is 30.8. The number of ether oxygens (including phenoxy) is 1. The standard InChI is InChI=1S/C66H131N2O7P/c1-7-10-13-16-19-22-25-28-30-31-32-33-34-35-36-37-38-40-43-46-49-52-55-58-65(69)67-63(62-74-76(71,72)73-61-60-68(4,5)6)64(57-54-51-48-45-42-39-27-24-21-18-15-12-9-3)75-66(70)59-56-53-50-47-44-41-29-26-23-20-17-14-11-8-2/h54,57,63-64H,7-53,55-56,58-62H2,1-6H3,(H-,67,69,71,72)/p+1/b57-54-. The van der Waals surface area contributed by atoms with E-state index in [-0.39, 0.29) is 25.1 Å². The average molecular weight is 1100 g/mol. The van der Waals surface area contributed by atoms with Crippen LogP contribution < -0.4 is 5.32 Å². The number of allylic oxidation sites excluding steroid dienone is 1. The zero-order valence-electron chi connectivity index (χ0n) is 51.8. The van der Waals surface area contributed by atoms with E-state index in [2.05, 4.69) is 26.1 Å². The third-order valence-electron chi connectivity index (χ3n) is 15.5. The molecule has 0 aliphatic rings. The van der Waals surface area contributed by atoms with Crippen LogP contribution in [-0.4, -0.2) is 74.3 Å². The molecule has 1 amide bonds. The Hall–Kier alpha value is -1.25. The highest BCUT2D eigenvalue weighted by Gasteiger charge is 2.30. The van der Waals surface area contributed by atoms with Gasteiger partial charge in [-0.2, -0.15) is 0 Å². The van der Waals surface area contributed by atoms with E-state index in [1.54, 1.807) is 0 Å². The molecule has 0 spiro atoms. The lowest BCUT2D eigenvalue weighted by Gasteiger charge is -2.27. The number of unbranched alkanes of at least 4 members (excludes halogenated alkanes) is 46. The van der Waals surface area contributed by atoms with Gasteiger partial charge in [0.25, 0.3) is 0 Å². The van der Waals surface area contributed by atoms with Crippen LogP contribution in [-0.2, 0) is 27.9 Å². The van der Waals surface area contributed by atoms with Gasteiger partial charge >= 0.3 is 13.8 Å². The Labute approximate surface area is 473 Å². The second-order valence-electron chi connectivity index (χ2n) is 24.4. The number of rotatable bonds is 62. The first-order valence-electron chi connectivity index (χ1n) is 33.5. The summed E-state index contributed by atoms with van der Waals surface area (Å²) in [6, 6.07) is -0.839. The average Bonchev–Trinajstić information content (AvgIpc) is 3.38. The van der Waals surface area contributed by atoms with Crippen LogP contribution >= 0.6 is 7.82 Å². The van der Waals surface area contributed by atoms with Crippen LogP contribution in [0.25, 0.3) is 0 Å². The van der Waals surface area contributed by atoms with E-state index in [4.69, 9.17) is 13.8 Å². The maximum atomic E-state index is 13.6. The van der Waals surface area contributed by atoms with Gasteiger partial charge in [-0.05, 0) is 31.8 Å². The summed E-state index contributed by atoms with van der Waals surface area (Å²) in [4.78, 5) is 37.8. The Morgan fingerprint density at radius 3 is 1.08 bits per heavy atom. The molecule has 0 heterocycles. The van der Waals surface area contributed by atoms with Gasteiger partial charge in [0.15, 0.2) is 0 Å². The molecule has 0 radical (unpaired) electrons. The predicted molar refractivity (Wildman–Crippen MR) is 328 cm³/mol. The van der Waals surface area contributed by atoms with E-state index < -0.39 is 20.0 Å². The molecule has 76 heavy (non-hydrogen) atoms. The highest BCUT2D eigenvalue weighted by molar-refractivity contribution is 7.47. The quantitative estimate of drug-likeness (QED) is 0.0205. The Bertz CT molecular complexity index is 1310. The van der Waals surface area contributed by atoms with Crippen LogP contribution in [0.15, 0.2) is 12.2 Å². The van der Waals surface area contributed by atoms with E-state index in [9.17, 15) is 19.0 Å². The van der Waals surface area contributed by atoms with Gasteiger partial charge in [0.05, 0.1) is 33.8 Å². The SMILES string of the molecule is CCCCCCCCCCCCC/C=C\C(OC(=O)CCCCCCCCCCCCCCCC)C(COP(=O)(O)OCC[N+](C)(C)C)NC(=O)CCCCCCCCCCCCCCCCCCCCCCCCC. The van der Waals surface area contributed by atoms with E-state index in [1.165, 1.54) is 257 Å². The smallest absolute Gasteiger partial charge is 0.456 e. The number of hydrogen-bond donors (Lipinski definition) is 2. The number of quaternary nitrogens is 1. The maximum absolute atomic E-state index is 13.6. The minimum Gasteiger partial charge on any atom is -0.456 e. The zero-order valence-corrected chi connectivity index (χ0v) is 52.7. The lowest BCUT2D eigenvalue weighted by Crippen LogP contribution is -2.47. The number of esters is 1. The topological polar surface area (TPSA) is 111 Å². The molecule has 0 aliphatic heterocycles. The summed E-state index contributed by atoms with van der Waals surface area (Å²) in [5, 5.41) is 3.07. The number of carbonyl (C=O) groups is 2. The first-order valence-corrected chi connectivity index (χ1v) is 35.0. The monoisotopic (exact) mass is 1100 g/mol. The molecule has 0 saturated carbocycles. The van der Waals surface area contributed by atoms with E-state index in [0.717, 1.165) is 57.8 Å². The summed E-state index contributed by atoms with van der Waals surface area (Å²) in [6.45, 7) is 7.08. The molecule has 0 saturated heterocycles. The van der Waals surface area contributed by atoms with Crippen LogP contribution in [0.4, 0.5) is 0 Å². The molecular formula is C66H132N2O7P+. The highest BCUT2D eigenvalue weighted by atomic mass is 31.2. The third-order valence-corrected chi connectivity index (χ3v) is 16.5. The van der Waals surface area contributed by atoms with E-state index in [1.807, 2.05) is 33.3 Å². The Morgan fingerprint density at radius 2 is 0.750 bits per heavy atom. The molecule has 10 heteroatoms. The largest absolute Gasteiger partial charge is 0.472 e. The fourth-order valence-corrected chi connectivity index (χ4v) is 11.0. The molecular weight excluding hydrogens is 964 g/mol. The Kier molecular flexibility index (Phi) is 56.1. The molecule has 0 aliphatic carbocycles. The molecule has 0 rings (SSSR count). The van der Waals surface area contributed by atoms with Crippen molar-refractivity contribution in [3.05, 3.63) is 12.2 Å². The molecule has 0 aromatic rings. The molecule has 9 nitrogen and oxygen atoms in total. The summed E-state index contributed by atoms with van der Waals surface area (Å²) in [6.07, 6.45) is 66.4. The molecule has 452 valence electrons.